The summed E-state index contributed by atoms with van der Waals surface area (Å²) in [6.45, 7) is 0.486. The van der Waals surface area contributed by atoms with Crippen molar-refractivity contribution in [2.45, 2.75) is 6.54 Å². The van der Waals surface area contributed by atoms with E-state index in [0.717, 1.165) is 10.9 Å². The molecule has 4 nitrogen and oxygen atoms in total. The highest BCUT2D eigenvalue weighted by Crippen LogP contribution is 2.36. The number of rotatable bonds is 3. The fraction of sp³-hybridized carbons (Fsp3) is 0.0500. The van der Waals surface area contributed by atoms with Crippen molar-refractivity contribution in [3.63, 3.8) is 0 Å². The first kappa shape index (κ1) is 15.2. The summed E-state index contributed by atoms with van der Waals surface area (Å²) in [7, 11) is 0. The van der Waals surface area contributed by atoms with Crippen LogP contribution in [0.2, 0.25) is 0 Å². The van der Waals surface area contributed by atoms with Crippen molar-refractivity contribution in [1.29, 1.82) is 0 Å². The van der Waals surface area contributed by atoms with Gasteiger partial charge in [0, 0.05) is 17.0 Å². The lowest BCUT2D eigenvalue weighted by Gasteiger charge is -2.04. The summed E-state index contributed by atoms with van der Waals surface area (Å²) in [4.78, 5) is 0. The average molecular weight is 334 g/mol. The Labute approximate surface area is 143 Å². The van der Waals surface area contributed by atoms with Crippen molar-refractivity contribution in [1.82, 2.24) is 9.78 Å². The monoisotopic (exact) mass is 334 g/mol. The minimum Gasteiger partial charge on any atom is -0.508 e. The zero-order valence-electron chi connectivity index (χ0n) is 13.2. The van der Waals surface area contributed by atoms with Crippen LogP contribution in [0.3, 0.4) is 0 Å². The van der Waals surface area contributed by atoms with Gasteiger partial charge in [-0.3, -0.25) is 4.68 Å². The molecule has 0 saturated carbocycles. The van der Waals surface area contributed by atoms with Crippen molar-refractivity contribution < 1.29 is 14.6 Å². The Morgan fingerprint density at radius 3 is 2.48 bits per heavy atom. The Bertz CT molecular complexity index is 1060. The van der Waals surface area contributed by atoms with Crippen LogP contribution in [0.1, 0.15) is 5.56 Å². The molecule has 25 heavy (non-hydrogen) atoms. The molecule has 3 aromatic carbocycles. The van der Waals surface area contributed by atoms with Crippen molar-refractivity contribution >= 4 is 10.9 Å². The quantitative estimate of drug-likeness (QED) is 0.587. The predicted molar refractivity (Wildman–Crippen MR) is 94.0 cm³/mol. The maximum atomic E-state index is 13.8. The minimum absolute atomic E-state index is 0.0275. The van der Waals surface area contributed by atoms with Crippen molar-refractivity contribution in [2.75, 3.05) is 0 Å². The highest BCUT2D eigenvalue weighted by atomic mass is 19.1. The van der Waals surface area contributed by atoms with Gasteiger partial charge >= 0.3 is 0 Å². The fourth-order valence-electron chi connectivity index (χ4n) is 2.94. The summed E-state index contributed by atoms with van der Waals surface area (Å²) in [5, 5.41) is 25.0. The Kier molecular flexibility index (Phi) is 3.61. The molecule has 0 aliphatic rings. The van der Waals surface area contributed by atoms with Gasteiger partial charge in [0.1, 0.15) is 23.0 Å². The van der Waals surface area contributed by atoms with Crippen LogP contribution in [0.4, 0.5) is 4.39 Å². The van der Waals surface area contributed by atoms with Gasteiger partial charge in [-0.2, -0.15) is 5.10 Å². The van der Waals surface area contributed by atoms with Crippen LogP contribution in [0, 0.1) is 5.82 Å². The molecule has 4 aromatic rings. The Hall–Kier alpha value is -3.34. The lowest BCUT2D eigenvalue weighted by Crippen LogP contribution is -2.01. The van der Waals surface area contributed by atoms with Crippen LogP contribution in [0.25, 0.3) is 22.2 Å². The number of halogens is 1. The lowest BCUT2D eigenvalue weighted by molar-refractivity contribution is 0.451. The topological polar surface area (TPSA) is 58.3 Å². The van der Waals surface area contributed by atoms with E-state index in [1.165, 1.54) is 24.3 Å². The van der Waals surface area contributed by atoms with E-state index >= 15 is 0 Å². The Morgan fingerprint density at radius 2 is 1.72 bits per heavy atom. The zero-order valence-corrected chi connectivity index (χ0v) is 13.2. The molecule has 0 saturated heterocycles. The number of benzene rings is 3. The third-order valence-electron chi connectivity index (χ3n) is 4.13. The summed E-state index contributed by atoms with van der Waals surface area (Å²) in [5.41, 5.74) is 2.72. The van der Waals surface area contributed by atoms with E-state index in [9.17, 15) is 14.6 Å². The first-order chi connectivity index (χ1) is 12.1. The number of phenolic OH excluding ortho intramolecular Hbond substituents is 2. The van der Waals surface area contributed by atoms with Crippen LogP contribution in [-0.4, -0.2) is 20.0 Å². The molecule has 4 rings (SSSR count). The largest absolute Gasteiger partial charge is 0.508 e. The molecule has 1 heterocycles. The standard InChI is InChI=1S/C20H15FN2O2/c21-14-6-8-16-18(10-14)23(12-13-4-2-1-3-5-13)22-20(16)17-9-7-15(24)11-19(17)25/h1-11,24-25H,12H2. The fourth-order valence-corrected chi connectivity index (χ4v) is 2.94. The molecular weight excluding hydrogens is 319 g/mol. The molecule has 0 spiro atoms. The van der Waals surface area contributed by atoms with Gasteiger partial charge < -0.3 is 10.2 Å². The molecule has 0 unspecified atom stereocenters. The van der Waals surface area contributed by atoms with Gasteiger partial charge in [0.2, 0.25) is 0 Å². The third-order valence-corrected chi connectivity index (χ3v) is 4.13. The summed E-state index contributed by atoms with van der Waals surface area (Å²) >= 11 is 0. The molecule has 0 radical (unpaired) electrons. The molecule has 0 atom stereocenters. The molecule has 0 amide bonds. The molecule has 1 aromatic heterocycles. The van der Waals surface area contributed by atoms with Crippen LogP contribution < -0.4 is 0 Å². The van der Waals surface area contributed by atoms with Crippen LogP contribution in [-0.2, 0) is 6.54 Å². The average Bonchev–Trinajstić information content (AvgIpc) is 2.93. The van der Waals surface area contributed by atoms with E-state index in [1.54, 1.807) is 16.8 Å². The van der Waals surface area contributed by atoms with E-state index in [1.807, 2.05) is 30.3 Å². The van der Waals surface area contributed by atoms with Gasteiger partial charge in [-0.05, 0) is 35.9 Å². The second-order valence-electron chi connectivity index (χ2n) is 5.85. The third kappa shape index (κ3) is 2.80. The van der Waals surface area contributed by atoms with Crippen LogP contribution in [0.5, 0.6) is 11.5 Å². The van der Waals surface area contributed by atoms with Gasteiger partial charge in [-0.1, -0.05) is 30.3 Å². The number of hydrogen-bond donors (Lipinski definition) is 2. The number of nitrogens with zero attached hydrogens (tertiary/aromatic N) is 2. The predicted octanol–water partition coefficient (Wildman–Crippen LogP) is 4.30. The summed E-state index contributed by atoms with van der Waals surface area (Å²) in [6, 6.07) is 18.6. The first-order valence-electron chi connectivity index (χ1n) is 7.84. The van der Waals surface area contributed by atoms with Crippen LogP contribution >= 0.6 is 0 Å². The van der Waals surface area contributed by atoms with Crippen LogP contribution in [0.15, 0.2) is 66.7 Å². The van der Waals surface area contributed by atoms with Crippen molar-refractivity contribution in [2.24, 2.45) is 0 Å². The maximum Gasteiger partial charge on any atom is 0.128 e. The van der Waals surface area contributed by atoms with E-state index < -0.39 is 0 Å². The van der Waals surface area contributed by atoms with Gasteiger partial charge in [0.05, 0.1) is 12.1 Å². The highest BCUT2D eigenvalue weighted by molar-refractivity contribution is 5.95. The lowest BCUT2D eigenvalue weighted by atomic mass is 10.1. The molecule has 2 N–H and O–H groups in total. The number of hydrogen-bond acceptors (Lipinski definition) is 3. The van der Waals surface area contributed by atoms with Gasteiger partial charge in [-0.25, -0.2) is 4.39 Å². The summed E-state index contributed by atoms with van der Waals surface area (Å²) < 4.78 is 15.5. The highest BCUT2D eigenvalue weighted by Gasteiger charge is 2.16. The molecule has 0 bridgehead atoms. The first-order valence-corrected chi connectivity index (χ1v) is 7.84. The van der Waals surface area contributed by atoms with Gasteiger partial charge in [0.25, 0.3) is 0 Å². The Balaban J connectivity index is 1.91. The maximum absolute atomic E-state index is 13.8. The zero-order chi connectivity index (χ0) is 17.4. The summed E-state index contributed by atoms with van der Waals surface area (Å²) in [5.74, 6) is -0.445. The summed E-state index contributed by atoms with van der Waals surface area (Å²) in [6.07, 6.45) is 0. The van der Waals surface area contributed by atoms with E-state index in [-0.39, 0.29) is 17.3 Å². The van der Waals surface area contributed by atoms with E-state index in [2.05, 4.69) is 5.10 Å². The SMILES string of the molecule is Oc1ccc(-c2nn(Cc3ccccc3)c3cc(F)ccc23)c(O)c1. The minimum atomic E-state index is -0.344. The number of aromatic nitrogens is 2. The van der Waals surface area contributed by atoms with E-state index in [0.29, 0.717) is 23.3 Å². The van der Waals surface area contributed by atoms with Gasteiger partial charge in [0.15, 0.2) is 0 Å². The molecule has 0 aliphatic carbocycles. The van der Waals surface area contributed by atoms with Crippen molar-refractivity contribution in [3.8, 4) is 22.8 Å². The number of fused-ring (bicyclic) bond motifs is 1. The van der Waals surface area contributed by atoms with Gasteiger partial charge in [-0.15, -0.1) is 0 Å². The smallest absolute Gasteiger partial charge is 0.128 e. The molecule has 5 heteroatoms. The van der Waals surface area contributed by atoms with Crippen molar-refractivity contribution in [3.05, 3.63) is 78.1 Å². The van der Waals surface area contributed by atoms with E-state index in [4.69, 9.17) is 0 Å². The normalized spacial score (nSPS) is 11.1. The second kappa shape index (κ2) is 5.94. The number of aromatic hydroxyl groups is 2. The molecule has 0 aliphatic heterocycles. The second-order valence-corrected chi connectivity index (χ2v) is 5.85. The Morgan fingerprint density at radius 1 is 0.920 bits per heavy atom. The molecule has 124 valence electrons. The molecule has 0 fully saturated rings. The number of phenols is 2. The molecular formula is C20H15FN2O2.